The monoisotopic (exact) mass is 433 g/mol. The maximum absolute atomic E-state index is 12.1. The first-order valence-electron chi connectivity index (χ1n) is 8.17. The maximum Gasteiger partial charge on any atom is 0.312 e. The standard InChI is InChI=1S/C19H13Cl2N3O5/c20-13-6-11(22-15(25)9-17(26)27)7-14(21)18(13)29-16-8-12(19(28)24-23-16)10-4-2-1-3-5-10/h1-8H,9H2,(H,22,25)(H,24,28)(H,26,27). The molecule has 3 rings (SSSR count). The van der Waals surface area contributed by atoms with E-state index in [0.717, 1.165) is 0 Å². The van der Waals surface area contributed by atoms with Gasteiger partial charge in [-0.3, -0.25) is 14.4 Å². The van der Waals surface area contributed by atoms with Gasteiger partial charge in [0, 0.05) is 11.8 Å². The maximum atomic E-state index is 12.1. The zero-order valence-electron chi connectivity index (χ0n) is 14.6. The lowest BCUT2D eigenvalue weighted by Crippen LogP contribution is -2.15. The van der Waals surface area contributed by atoms with Crippen LogP contribution in [-0.4, -0.2) is 27.2 Å². The van der Waals surface area contributed by atoms with E-state index in [1.807, 2.05) is 6.07 Å². The lowest BCUT2D eigenvalue weighted by molar-refractivity contribution is -0.139. The van der Waals surface area contributed by atoms with Crippen LogP contribution in [0.4, 0.5) is 5.69 Å². The molecule has 0 fully saturated rings. The Bertz CT molecular complexity index is 1110. The molecule has 8 nitrogen and oxygen atoms in total. The molecule has 148 valence electrons. The summed E-state index contributed by atoms with van der Waals surface area (Å²) >= 11 is 12.4. The molecule has 0 bridgehead atoms. The first kappa shape index (κ1) is 20.4. The molecule has 1 aromatic heterocycles. The van der Waals surface area contributed by atoms with Gasteiger partial charge < -0.3 is 15.2 Å². The van der Waals surface area contributed by atoms with Gasteiger partial charge >= 0.3 is 5.97 Å². The molecule has 1 amide bonds. The van der Waals surface area contributed by atoms with Gasteiger partial charge in [0.1, 0.15) is 6.42 Å². The number of ether oxygens (including phenoxy) is 1. The van der Waals surface area contributed by atoms with Crippen molar-refractivity contribution in [3.63, 3.8) is 0 Å². The Hall–Kier alpha value is -3.36. The highest BCUT2D eigenvalue weighted by molar-refractivity contribution is 6.37. The van der Waals surface area contributed by atoms with Crippen LogP contribution in [0.1, 0.15) is 6.42 Å². The number of carbonyl (C=O) groups excluding carboxylic acids is 1. The molecule has 0 aliphatic heterocycles. The van der Waals surface area contributed by atoms with Gasteiger partial charge in [-0.05, 0) is 17.7 Å². The number of nitrogens with zero attached hydrogens (tertiary/aromatic N) is 1. The predicted octanol–water partition coefficient (Wildman–Crippen LogP) is 3.95. The minimum atomic E-state index is -1.27. The van der Waals surface area contributed by atoms with E-state index in [4.69, 9.17) is 33.0 Å². The summed E-state index contributed by atoms with van der Waals surface area (Å²) < 4.78 is 5.63. The summed E-state index contributed by atoms with van der Waals surface area (Å²) in [5, 5.41) is 17.3. The molecule has 0 radical (unpaired) electrons. The number of H-pyrrole nitrogens is 1. The average Bonchev–Trinajstić information content (AvgIpc) is 2.66. The van der Waals surface area contributed by atoms with Crippen LogP contribution in [0.5, 0.6) is 11.6 Å². The van der Waals surface area contributed by atoms with Crippen molar-refractivity contribution in [1.29, 1.82) is 0 Å². The van der Waals surface area contributed by atoms with Crippen molar-refractivity contribution in [1.82, 2.24) is 10.2 Å². The lowest BCUT2D eigenvalue weighted by Gasteiger charge is -2.12. The molecular weight excluding hydrogens is 421 g/mol. The van der Waals surface area contributed by atoms with Gasteiger partial charge in [0.05, 0.1) is 15.6 Å². The number of benzene rings is 2. The van der Waals surface area contributed by atoms with Crippen molar-refractivity contribution in [2.45, 2.75) is 6.42 Å². The highest BCUT2D eigenvalue weighted by Crippen LogP contribution is 2.38. The molecule has 1 heterocycles. The SMILES string of the molecule is O=C(O)CC(=O)Nc1cc(Cl)c(Oc2cc(-c3ccccc3)c(=O)[nH]n2)c(Cl)c1. The number of hydrogen-bond acceptors (Lipinski definition) is 5. The molecule has 10 heteroatoms. The fourth-order valence-electron chi connectivity index (χ4n) is 2.45. The molecular formula is C19H13Cl2N3O5. The molecule has 0 aliphatic rings. The Balaban J connectivity index is 1.86. The Morgan fingerprint density at radius 1 is 1.10 bits per heavy atom. The third kappa shape index (κ3) is 5.13. The van der Waals surface area contributed by atoms with Crippen LogP contribution in [0.3, 0.4) is 0 Å². The Morgan fingerprint density at radius 2 is 1.76 bits per heavy atom. The van der Waals surface area contributed by atoms with Gasteiger partial charge in [-0.25, -0.2) is 5.10 Å². The second kappa shape index (κ2) is 8.76. The van der Waals surface area contributed by atoms with Crippen LogP contribution in [0, 0.1) is 0 Å². The zero-order valence-corrected chi connectivity index (χ0v) is 16.1. The smallest absolute Gasteiger partial charge is 0.312 e. The van der Waals surface area contributed by atoms with E-state index in [0.29, 0.717) is 11.1 Å². The Morgan fingerprint density at radius 3 is 2.38 bits per heavy atom. The topological polar surface area (TPSA) is 121 Å². The number of carboxylic acid groups (broad SMARTS) is 1. The average molecular weight is 434 g/mol. The Kier molecular flexibility index (Phi) is 6.16. The highest BCUT2D eigenvalue weighted by atomic mass is 35.5. The number of carbonyl (C=O) groups is 2. The fraction of sp³-hybridized carbons (Fsp3) is 0.0526. The number of nitrogens with one attached hydrogen (secondary N) is 2. The second-order valence-corrected chi connectivity index (χ2v) is 6.62. The minimum Gasteiger partial charge on any atom is -0.481 e. The molecule has 3 N–H and O–H groups in total. The lowest BCUT2D eigenvalue weighted by atomic mass is 10.1. The van der Waals surface area contributed by atoms with Crippen LogP contribution in [0.2, 0.25) is 10.0 Å². The number of hydrogen-bond donors (Lipinski definition) is 3. The number of halogens is 2. The molecule has 0 unspecified atom stereocenters. The van der Waals surface area contributed by atoms with Crippen molar-refractivity contribution >= 4 is 40.8 Å². The molecule has 3 aromatic rings. The normalized spacial score (nSPS) is 10.4. The van der Waals surface area contributed by atoms with Gasteiger partial charge in [0.15, 0.2) is 5.75 Å². The first-order valence-corrected chi connectivity index (χ1v) is 8.93. The van der Waals surface area contributed by atoms with Crippen LogP contribution in [-0.2, 0) is 9.59 Å². The minimum absolute atomic E-state index is 0.0508. The number of aromatic nitrogens is 2. The van der Waals surface area contributed by atoms with E-state index in [-0.39, 0.29) is 27.4 Å². The first-order chi connectivity index (χ1) is 13.8. The quantitative estimate of drug-likeness (QED) is 0.505. The second-order valence-electron chi connectivity index (χ2n) is 5.80. The molecule has 29 heavy (non-hydrogen) atoms. The largest absolute Gasteiger partial charge is 0.481 e. The van der Waals surface area contributed by atoms with Gasteiger partial charge in [-0.1, -0.05) is 53.5 Å². The van der Waals surface area contributed by atoms with Gasteiger partial charge in [-0.2, -0.15) is 0 Å². The van der Waals surface area contributed by atoms with E-state index >= 15 is 0 Å². The summed E-state index contributed by atoms with van der Waals surface area (Å²) in [5.74, 6) is -1.89. The fourth-order valence-corrected chi connectivity index (χ4v) is 3.01. The zero-order chi connectivity index (χ0) is 21.0. The third-order valence-electron chi connectivity index (χ3n) is 3.67. The number of anilines is 1. The van der Waals surface area contributed by atoms with Crippen molar-refractivity contribution in [2.75, 3.05) is 5.32 Å². The molecule has 0 aliphatic carbocycles. The van der Waals surface area contributed by atoms with Crippen molar-refractivity contribution in [3.05, 3.63) is 68.9 Å². The molecule has 0 saturated heterocycles. The van der Waals surface area contributed by atoms with E-state index in [2.05, 4.69) is 15.5 Å². The molecule has 0 saturated carbocycles. The van der Waals surface area contributed by atoms with E-state index in [9.17, 15) is 14.4 Å². The van der Waals surface area contributed by atoms with E-state index in [1.165, 1.54) is 18.2 Å². The van der Waals surface area contributed by atoms with Gasteiger partial charge in [-0.15, -0.1) is 5.10 Å². The van der Waals surface area contributed by atoms with E-state index in [1.54, 1.807) is 24.3 Å². The van der Waals surface area contributed by atoms with Crippen LogP contribution in [0.25, 0.3) is 11.1 Å². The molecule has 2 aromatic carbocycles. The van der Waals surface area contributed by atoms with Gasteiger partial charge in [0.2, 0.25) is 11.8 Å². The number of aliphatic carboxylic acids is 1. The molecule has 0 spiro atoms. The summed E-state index contributed by atoms with van der Waals surface area (Å²) in [6, 6.07) is 13.1. The summed E-state index contributed by atoms with van der Waals surface area (Å²) in [4.78, 5) is 34.2. The van der Waals surface area contributed by atoms with Crippen molar-refractivity contribution < 1.29 is 19.4 Å². The molecule has 0 atom stereocenters. The predicted molar refractivity (Wildman–Crippen MR) is 108 cm³/mol. The van der Waals surface area contributed by atoms with Crippen LogP contribution >= 0.6 is 23.2 Å². The van der Waals surface area contributed by atoms with Crippen molar-refractivity contribution in [2.24, 2.45) is 0 Å². The third-order valence-corrected chi connectivity index (χ3v) is 4.23. The summed E-state index contributed by atoms with van der Waals surface area (Å²) in [6.07, 6.45) is -0.697. The number of carboxylic acids is 1. The van der Waals surface area contributed by atoms with Crippen LogP contribution < -0.4 is 15.6 Å². The highest BCUT2D eigenvalue weighted by Gasteiger charge is 2.15. The van der Waals surface area contributed by atoms with Crippen molar-refractivity contribution in [3.8, 4) is 22.8 Å². The number of amides is 1. The number of rotatable bonds is 6. The summed E-state index contributed by atoms with van der Waals surface area (Å²) in [7, 11) is 0. The number of aromatic amines is 1. The van der Waals surface area contributed by atoms with Crippen LogP contribution in [0.15, 0.2) is 53.3 Å². The Labute approximate surface area is 174 Å². The van der Waals surface area contributed by atoms with Gasteiger partial charge in [0.25, 0.3) is 5.56 Å². The van der Waals surface area contributed by atoms with E-state index < -0.39 is 23.9 Å². The summed E-state index contributed by atoms with van der Waals surface area (Å²) in [6.45, 7) is 0. The summed E-state index contributed by atoms with van der Waals surface area (Å²) in [5.41, 5.74) is 0.838.